The summed E-state index contributed by atoms with van der Waals surface area (Å²) in [7, 11) is 0. The fourth-order valence-corrected chi connectivity index (χ4v) is 8.12. The van der Waals surface area contributed by atoms with Crippen molar-refractivity contribution >= 4 is 5.78 Å². The first kappa shape index (κ1) is 15.6. The van der Waals surface area contributed by atoms with Gasteiger partial charge < -0.3 is 4.74 Å². The van der Waals surface area contributed by atoms with Crippen molar-refractivity contribution in [3.8, 4) is 0 Å². The van der Waals surface area contributed by atoms with E-state index in [1.807, 2.05) is 0 Å². The standard InChI is InChI=1S/C22H32O2/c1-13-7-9-20(3)15(11-13)5-6-16-17(20)8-10-21(4)18(16)12-19-22(21,24-19)14(2)23/h7,15-19H,5-6,8-12H2,1-4H3/t15?,16-,17+,18+,19+,20+,21+,22-/m1/s1. The van der Waals surface area contributed by atoms with Crippen LogP contribution >= 0.6 is 0 Å². The third-order valence-electron chi connectivity index (χ3n) is 9.48. The molecule has 0 radical (unpaired) electrons. The van der Waals surface area contributed by atoms with Gasteiger partial charge in [-0.05, 0) is 87.9 Å². The normalized spacial score (nSPS) is 58.0. The van der Waals surface area contributed by atoms with Crippen LogP contribution in [-0.4, -0.2) is 17.5 Å². The second-order valence-electron chi connectivity index (χ2n) is 10.2. The van der Waals surface area contributed by atoms with Gasteiger partial charge in [-0.3, -0.25) is 4.79 Å². The quantitative estimate of drug-likeness (QED) is 0.505. The van der Waals surface area contributed by atoms with E-state index in [-0.39, 0.29) is 11.5 Å². The molecular weight excluding hydrogens is 296 g/mol. The van der Waals surface area contributed by atoms with E-state index < -0.39 is 5.60 Å². The Bertz CT molecular complexity index is 636. The molecule has 4 fully saturated rings. The van der Waals surface area contributed by atoms with Crippen molar-refractivity contribution in [2.75, 3.05) is 0 Å². The van der Waals surface area contributed by atoms with Crippen molar-refractivity contribution in [3.63, 3.8) is 0 Å². The maximum Gasteiger partial charge on any atom is 0.164 e. The summed E-state index contributed by atoms with van der Waals surface area (Å²) in [6.07, 6.45) is 11.8. The predicted molar refractivity (Wildman–Crippen MR) is 94.5 cm³/mol. The third-order valence-corrected chi connectivity index (χ3v) is 9.48. The number of epoxide rings is 1. The Balaban J connectivity index is 1.49. The summed E-state index contributed by atoms with van der Waals surface area (Å²) in [4.78, 5) is 12.4. The summed E-state index contributed by atoms with van der Waals surface area (Å²) in [5.41, 5.74) is 1.82. The van der Waals surface area contributed by atoms with Gasteiger partial charge in [0.2, 0.25) is 0 Å². The van der Waals surface area contributed by atoms with Crippen LogP contribution in [0.3, 0.4) is 0 Å². The molecular formula is C22H32O2. The largest absolute Gasteiger partial charge is 0.357 e. The Morgan fingerprint density at radius 2 is 2.00 bits per heavy atom. The second kappa shape index (κ2) is 4.55. The van der Waals surface area contributed by atoms with E-state index in [0.29, 0.717) is 17.1 Å². The minimum atomic E-state index is -0.399. The lowest BCUT2D eigenvalue weighted by Gasteiger charge is -2.60. The summed E-state index contributed by atoms with van der Waals surface area (Å²) in [6, 6.07) is 0. The molecule has 1 unspecified atom stereocenters. The fourth-order valence-electron chi connectivity index (χ4n) is 8.12. The highest BCUT2D eigenvalue weighted by atomic mass is 16.6. The number of hydrogen-bond donors (Lipinski definition) is 0. The molecule has 2 heteroatoms. The zero-order valence-electron chi connectivity index (χ0n) is 15.7. The SMILES string of the molecule is CC(=O)[C@@]12O[C@H]1C[C@H]1[C@@H]3CCC4CC(C)=CC[C@]4(C)[C@H]3CC[C@@]12C. The van der Waals surface area contributed by atoms with E-state index in [4.69, 9.17) is 4.74 Å². The smallest absolute Gasteiger partial charge is 0.164 e. The number of ether oxygens (including phenoxy) is 1. The van der Waals surface area contributed by atoms with Crippen LogP contribution in [0.15, 0.2) is 11.6 Å². The van der Waals surface area contributed by atoms with Gasteiger partial charge in [0.15, 0.2) is 11.4 Å². The molecule has 5 aliphatic rings. The molecule has 8 atom stereocenters. The van der Waals surface area contributed by atoms with Crippen LogP contribution in [-0.2, 0) is 9.53 Å². The second-order valence-corrected chi connectivity index (χ2v) is 10.2. The summed E-state index contributed by atoms with van der Waals surface area (Å²) >= 11 is 0. The molecule has 5 rings (SSSR count). The number of carbonyl (C=O) groups is 1. The Morgan fingerprint density at radius 3 is 2.75 bits per heavy atom. The lowest BCUT2D eigenvalue weighted by atomic mass is 9.45. The predicted octanol–water partition coefficient (Wildman–Crippen LogP) is 4.92. The molecule has 1 aliphatic heterocycles. The first-order chi connectivity index (χ1) is 11.3. The van der Waals surface area contributed by atoms with E-state index in [0.717, 1.165) is 24.2 Å². The van der Waals surface area contributed by atoms with E-state index in [9.17, 15) is 4.79 Å². The maximum atomic E-state index is 12.4. The fraction of sp³-hybridized carbons (Fsp3) is 0.864. The van der Waals surface area contributed by atoms with Gasteiger partial charge in [-0.15, -0.1) is 0 Å². The van der Waals surface area contributed by atoms with Gasteiger partial charge in [-0.25, -0.2) is 0 Å². The van der Waals surface area contributed by atoms with E-state index in [1.165, 1.54) is 38.5 Å². The van der Waals surface area contributed by atoms with Crippen LogP contribution in [0.1, 0.15) is 72.6 Å². The maximum absolute atomic E-state index is 12.4. The van der Waals surface area contributed by atoms with Gasteiger partial charge in [0.25, 0.3) is 0 Å². The van der Waals surface area contributed by atoms with E-state index in [2.05, 4.69) is 26.8 Å². The average Bonchev–Trinajstić information content (AvgIpc) is 3.21. The first-order valence-corrected chi connectivity index (χ1v) is 10.2. The Hall–Kier alpha value is -0.630. The Labute approximate surface area is 146 Å². The molecule has 4 aliphatic carbocycles. The summed E-state index contributed by atoms with van der Waals surface area (Å²) in [5, 5.41) is 0. The van der Waals surface area contributed by atoms with E-state index in [1.54, 1.807) is 12.5 Å². The highest BCUT2D eigenvalue weighted by Crippen LogP contribution is 2.73. The number of rotatable bonds is 1. The molecule has 132 valence electrons. The van der Waals surface area contributed by atoms with Crippen molar-refractivity contribution in [2.45, 2.75) is 84.3 Å². The molecule has 0 aromatic heterocycles. The lowest BCUT2D eigenvalue weighted by Crippen LogP contribution is -2.55. The lowest BCUT2D eigenvalue weighted by molar-refractivity contribution is -0.142. The number of Topliss-reactive ketones (excluding diaryl/α,β-unsaturated/α-hetero) is 1. The zero-order chi connectivity index (χ0) is 16.9. The number of ketones is 1. The molecule has 0 N–H and O–H groups in total. The number of allylic oxidation sites excluding steroid dienone is 2. The molecule has 0 spiro atoms. The molecule has 0 amide bonds. The minimum absolute atomic E-state index is 0.105. The van der Waals surface area contributed by atoms with Gasteiger partial charge in [-0.2, -0.15) is 0 Å². The molecule has 2 nitrogen and oxygen atoms in total. The summed E-state index contributed by atoms with van der Waals surface area (Å²) in [6.45, 7) is 9.07. The topological polar surface area (TPSA) is 29.6 Å². The van der Waals surface area contributed by atoms with Crippen LogP contribution in [0.5, 0.6) is 0 Å². The zero-order valence-corrected chi connectivity index (χ0v) is 15.7. The molecule has 0 aromatic rings. The van der Waals surface area contributed by atoms with Crippen LogP contribution < -0.4 is 0 Å². The minimum Gasteiger partial charge on any atom is -0.357 e. The van der Waals surface area contributed by atoms with Crippen LogP contribution in [0.25, 0.3) is 0 Å². The Morgan fingerprint density at radius 1 is 1.21 bits per heavy atom. The number of carbonyl (C=O) groups excluding carboxylic acids is 1. The number of fused-ring (bicyclic) bond motifs is 7. The average molecular weight is 328 g/mol. The number of hydrogen-bond acceptors (Lipinski definition) is 2. The van der Waals surface area contributed by atoms with Crippen molar-refractivity contribution in [1.29, 1.82) is 0 Å². The highest BCUT2D eigenvalue weighted by Gasteiger charge is 2.79. The van der Waals surface area contributed by atoms with Crippen molar-refractivity contribution in [2.24, 2.45) is 34.5 Å². The molecule has 0 bridgehead atoms. The molecule has 24 heavy (non-hydrogen) atoms. The van der Waals surface area contributed by atoms with Crippen LogP contribution in [0.2, 0.25) is 0 Å². The van der Waals surface area contributed by atoms with E-state index >= 15 is 0 Å². The van der Waals surface area contributed by atoms with Gasteiger partial charge >= 0.3 is 0 Å². The van der Waals surface area contributed by atoms with Gasteiger partial charge in [-0.1, -0.05) is 25.5 Å². The summed E-state index contributed by atoms with van der Waals surface area (Å²) < 4.78 is 6.04. The first-order valence-electron chi connectivity index (χ1n) is 10.2. The third kappa shape index (κ3) is 1.60. The van der Waals surface area contributed by atoms with Crippen molar-refractivity contribution in [1.82, 2.24) is 0 Å². The van der Waals surface area contributed by atoms with Gasteiger partial charge in [0.05, 0.1) is 6.10 Å². The van der Waals surface area contributed by atoms with Crippen molar-refractivity contribution in [3.05, 3.63) is 11.6 Å². The highest BCUT2D eigenvalue weighted by molar-refractivity contribution is 5.90. The van der Waals surface area contributed by atoms with Crippen molar-refractivity contribution < 1.29 is 9.53 Å². The van der Waals surface area contributed by atoms with Gasteiger partial charge in [0.1, 0.15) is 0 Å². The van der Waals surface area contributed by atoms with Crippen LogP contribution in [0.4, 0.5) is 0 Å². The molecule has 0 aromatic carbocycles. The van der Waals surface area contributed by atoms with Crippen LogP contribution in [0, 0.1) is 34.5 Å². The molecule has 1 saturated heterocycles. The molecule has 1 heterocycles. The van der Waals surface area contributed by atoms with Gasteiger partial charge in [0, 0.05) is 5.41 Å². The Kier molecular flexibility index (Phi) is 2.96. The summed E-state index contributed by atoms with van der Waals surface area (Å²) in [5.74, 6) is 3.59. The molecule has 3 saturated carbocycles. The monoisotopic (exact) mass is 328 g/mol.